The van der Waals surface area contributed by atoms with E-state index in [1.54, 1.807) is 27.1 Å². The molecule has 4 aliphatic heterocycles. The van der Waals surface area contributed by atoms with Crippen LogP contribution in [0, 0.1) is 17.6 Å². The Bertz CT molecular complexity index is 2810. The molecule has 0 radical (unpaired) electrons. The van der Waals surface area contributed by atoms with Gasteiger partial charge in [0.25, 0.3) is 5.91 Å². The van der Waals surface area contributed by atoms with Gasteiger partial charge in [0, 0.05) is 94.2 Å². The molecule has 20 nitrogen and oxygen atoms in total. The third-order valence-electron chi connectivity index (χ3n) is 14.7. The lowest BCUT2D eigenvalue weighted by atomic mass is 9.78. The molecule has 22 heteroatoms. The molecule has 0 spiro atoms. The average molecular weight is 965 g/mol. The number of amides is 4. The highest BCUT2D eigenvalue weighted by Gasteiger charge is 2.41. The number of hydrogen-bond acceptors (Lipinski definition) is 16. The van der Waals surface area contributed by atoms with Crippen LogP contribution in [-0.4, -0.2) is 144 Å². The topological polar surface area (TPSA) is 236 Å². The van der Waals surface area contributed by atoms with Gasteiger partial charge in [0.2, 0.25) is 11.8 Å². The number of anilines is 3. The van der Waals surface area contributed by atoms with Crippen molar-refractivity contribution in [1.29, 1.82) is 0 Å². The molecule has 5 aliphatic rings. The second kappa shape index (κ2) is 18.2. The molecule has 370 valence electrons. The summed E-state index contributed by atoms with van der Waals surface area (Å²) in [6.07, 6.45) is 8.23. The van der Waals surface area contributed by atoms with Crippen molar-refractivity contribution in [3.05, 3.63) is 53.8 Å². The molecule has 1 unspecified atom stereocenters. The summed E-state index contributed by atoms with van der Waals surface area (Å²) in [4.78, 5) is 75.6. The number of carbonyl (C=O) groups excluding carboxylic acids is 4. The predicted molar refractivity (Wildman–Crippen MR) is 252 cm³/mol. The first kappa shape index (κ1) is 46.9. The maximum Gasteiger partial charge on any atom is 0.410 e. The highest BCUT2D eigenvalue weighted by atomic mass is 19.1. The van der Waals surface area contributed by atoms with Crippen LogP contribution in [0.4, 0.5) is 30.8 Å². The Morgan fingerprint density at radius 1 is 0.871 bits per heavy atom. The Balaban J connectivity index is 0.687. The number of nitrogens with zero attached hydrogens (tertiary/aromatic N) is 11. The standard InChI is InChI=1S/C48H58F2N14O6/c1-47(2,3)64-44-37(42(51)54-25-55-44)38(58-64)39-36(41(70-59-39)26-6-7-26)43-52-20-27(21-53-43)28-22-62(23-28)46(68)69-24-35(66)60-12-10-29(11-13-60)48(4,5)63-16-14-61(15-17-63)40-31(49)18-30(19-32(40)50)56-33-8-9-34(65)57-45(33)67/h18-21,25-26,28-29,33,56H,6-17,22-24H2,1-5H3,(H2,51,54,55)(H,57,65,67). The van der Waals surface area contributed by atoms with Crippen LogP contribution in [0.3, 0.4) is 0 Å². The predicted octanol–water partition coefficient (Wildman–Crippen LogP) is 5.02. The van der Waals surface area contributed by atoms with Crippen molar-refractivity contribution in [3.8, 4) is 22.8 Å². The van der Waals surface area contributed by atoms with Crippen LogP contribution < -0.4 is 21.3 Å². The van der Waals surface area contributed by atoms with E-state index in [0.29, 0.717) is 91.9 Å². The van der Waals surface area contributed by atoms with Crippen molar-refractivity contribution in [3.63, 3.8) is 0 Å². The zero-order valence-electron chi connectivity index (χ0n) is 40.0. The van der Waals surface area contributed by atoms with Gasteiger partial charge in [-0.3, -0.25) is 24.6 Å². The van der Waals surface area contributed by atoms with Gasteiger partial charge < -0.3 is 35.0 Å². The molecule has 0 bridgehead atoms. The lowest BCUT2D eigenvalue weighted by Crippen LogP contribution is -2.59. The summed E-state index contributed by atoms with van der Waals surface area (Å²) >= 11 is 0. The van der Waals surface area contributed by atoms with Gasteiger partial charge in [-0.1, -0.05) is 5.16 Å². The molecular formula is C48H58F2N14O6. The molecule has 8 heterocycles. The quantitative estimate of drug-likeness (QED) is 0.147. The summed E-state index contributed by atoms with van der Waals surface area (Å²) in [5.41, 5.74) is 8.85. The number of fused-ring (bicyclic) bond motifs is 1. The third-order valence-corrected chi connectivity index (χ3v) is 14.7. The number of benzene rings is 1. The van der Waals surface area contributed by atoms with Gasteiger partial charge in [-0.2, -0.15) is 5.10 Å². The van der Waals surface area contributed by atoms with E-state index in [9.17, 15) is 19.2 Å². The van der Waals surface area contributed by atoms with Crippen LogP contribution in [0.25, 0.3) is 33.8 Å². The fourth-order valence-electron chi connectivity index (χ4n) is 10.3. The summed E-state index contributed by atoms with van der Waals surface area (Å²) in [6, 6.07) is 1.62. The van der Waals surface area contributed by atoms with Gasteiger partial charge in [0.1, 0.15) is 35.3 Å². The van der Waals surface area contributed by atoms with E-state index >= 15 is 8.78 Å². The number of nitrogens with one attached hydrogen (secondary N) is 2. The summed E-state index contributed by atoms with van der Waals surface area (Å²) in [5.74, 6) is -0.710. The Kier molecular flexibility index (Phi) is 12.2. The first-order valence-corrected chi connectivity index (χ1v) is 24.0. The van der Waals surface area contributed by atoms with E-state index in [1.165, 1.54) is 18.5 Å². The number of carbonyl (C=O) groups is 4. The molecule has 10 rings (SSSR count). The number of nitrogens with two attached hydrogens (primary N) is 1. The second-order valence-electron chi connectivity index (χ2n) is 20.6. The van der Waals surface area contributed by atoms with E-state index in [-0.39, 0.29) is 71.7 Å². The van der Waals surface area contributed by atoms with E-state index in [1.807, 2.05) is 25.5 Å². The number of piperazine rings is 1. The molecule has 4 aromatic heterocycles. The SMILES string of the molecule is CC(C)(C1CCN(C(=O)COC(=O)N2CC(c3cnc(-c4c(-c5nn(C(C)(C)C)c6ncnc(N)c56)noc4C4CC4)nc3)C2)CC1)N1CCN(c2c(F)cc(NC3CCC(=O)NC3=O)cc2F)CC1. The highest BCUT2D eigenvalue weighted by Crippen LogP contribution is 2.48. The van der Waals surface area contributed by atoms with E-state index < -0.39 is 35.2 Å². The van der Waals surface area contributed by atoms with E-state index in [2.05, 4.69) is 44.5 Å². The summed E-state index contributed by atoms with van der Waals surface area (Å²) in [5, 5.41) is 15.1. The summed E-state index contributed by atoms with van der Waals surface area (Å²) in [6.45, 7) is 14.0. The smallest absolute Gasteiger partial charge is 0.410 e. The number of aromatic nitrogens is 7. The van der Waals surface area contributed by atoms with Crippen molar-refractivity contribution in [2.45, 2.75) is 102 Å². The van der Waals surface area contributed by atoms with E-state index in [0.717, 1.165) is 31.2 Å². The largest absolute Gasteiger partial charge is 0.439 e. The zero-order chi connectivity index (χ0) is 49.2. The van der Waals surface area contributed by atoms with Crippen molar-refractivity contribution in [2.75, 3.05) is 74.9 Å². The van der Waals surface area contributed by atoms with Crippen molar-refractivity contribution in [2.24, 2.45) is 5.92 Å². The fraction of sp³-hybridized carbons (Fsp3) is 0.542. The van der Waals surface area contributed by atoms with Gasteiger partial charge >= 0.3 is 6.09 Å². The third kappa shape index (κ3) is 8.96. The molecule has 5 fully saturated rings. The highest BCUT2D eigenvalue weighted by molar-refractivity contribution is 6.02. The normalized spacial score (nSPS) is 19.9. The Labute approximate surface area is 402 Å². The number of ether oxygens (including phenoxy) is 1. The Morgan fingerprint density at radius 2 is 1.56 bits per heavy atom. The number of hydrogen-bond donors (Lipinski definition) is 3. The van der Waals surface area contributed by atoms with Crippen LogP contribution in [-0.2, 0) is 24.7 Å². The lowest BCUT2D eigenvalue weighted by Gasteiger charge is -2.50. The Hall–Kier alpha value is -6.84. The molecule has 70 heavy (non-hydrogen) atoms. The van der Waals surface area contributed by atoms with Crippen LogP contribution in [0.2, 0.25) is 0 Å². The number of imide groups is 1. The molecule has 5 aromatic rings. The fourth-order valence-corrected chi connectivity index (χ4v) is 10.3. The molecule has 4 saturated heterocycles. The monoisotopic (exact) mass is 964 g/mol. The van der Waals surface area contributed by atoms with Crippen LogP contribution in [0.1, 0.15) is 96.3 Å². The summed E-state index contributed by atoms with van der Waals surface area (Å²) < 4.78 is 44.0. The minimum Gasteiger partial charge on any atom is -0.439 e. The van der Waals surface area contributed by atoms with E-state index in [4.69, 9.17) is 30.1 Å². The number of halogens is 2. The van der Waals surface area contributed by atoms with Crippen LogP contribution in [0.15, 0.2) is 35.4 Å². The molecule has 1 aliphatic carbocycles. The molecule has 1 saturated carbocycles. The first-order valence-electron chi connectivity index (χ1n) is 24.0. The minimum atomic E-state index is -0.753. The van der Waals surface area contributed by atoms with Gasteiger partial charge in [-0.05, 0) is 90.3 Å². The molecule has 1 aromatic carbocycles. The van der Waals surface area contributed by atoms with Crippen molar-refractivity contribution < 1.29 is 37.2 Å². The van der Waals surface area contributed by atoms with Gasteiger partial charge in [-0.15, -0.1) is 0 Å². The maximum absolute atomic E-state index is 15.4. The minimum absolute atomic E-state index is 0.0131. The Morgan fingerprint density at radius 3 is 2.20 bits per heavy atom. The van der Waals surface area contributed by atoms with Crippen molar-refractivity contribution in [1.82, 2.24) is 54.9 Å². The number of likely N-dealkylation sites (tertiary alicyclic amines) is 2. The first-order chi connectivity index (χ1) is 33.4. The number of nitrogen functional groups attached to an aromatic ring is 1. The molecule has 1 atom stereocenters. The summed E-state index contributed by atoms with van der Waals surface area (Å²) in [7, 11) is 0. The van der Waals surface area contributed by atoms with Crippen molar-refractivity contribution >= 4 is 52.0 Å². The van der Waals surface area contributed by atoms with Gasteiger partial charge in [0.05, 0.1) is 16.5 Å². The van der Waals surface area contributed by atoms with Gasteiger partial charge in [0.15, 0.2) is 35.5 Å². The molecule has 4 amide bonds. The van der Waals surface area contributed by atoms with Crippen LogP contribution in [0.5, 0.6) is 0 Å². The number of rotatable bonds is 11. The van der Waals surface area contributed by atoms with Gasteiger partial charge in [-0.25, -0.2) is 38.2 Å². The second-order valence-corrected chi connectivity index (χ2v) is 20.6. The average Bonchev–Trinajstić information content (AvgIpc) is 3.93. The molecular weight excluding hydrogens is 907 g/mol. The number of piperidine rings is 2. The lowest BCUT2D eigenvalue weighted by molar-refractivity contribution is -0.137. The maximum atomic E-state index is 15.4. The zero-order valence-corrected chi connectivity index (χ0v) is 40.0. The molecule has 4 N–H and O–H groups in total. The van der Waals surface area contributed by atoms with Crippen LogP contribution >= 0.6 is 0 Å².